The molecule has 0 spiro atoms. The second kappa shape index (κ2) is 2.40. The lowest BCUT2D eigenvalue weighted by atomic mass is 10.2. The van der Waals surface area contributed by atoms with Crippen molar-refractivity contribution in [2.24, 2.45) is 0 Å². The highest BCUT2D eigenvalue weighted by molar-refractivity contribution is 7.22. The minimum absolute atomic E-state index is 0.284. The topological polar surface area (TPSA) is 20.2 Å². The molecule has 0 aliphatic heterocycles. The van der Waals surface area contributed by atoms with Crippen molar-refractivity contribution in [3.63, 3.8) is 0 Å². The van der Waals surface area contributed by atoms with E-state index in [-0.39, 0.29) is 5.75 Å². The summed E-state index contributed by atoms with van der Waals surface area (Å²) in [6, 6.07) is 7.08. The van der Waals surface area contributed by atoms with Gasteiger partial charge in [0.25, 0.3) is 0 Å². The van der Waals surface area contributed by atoms with Crippen molar-refractivity contribution in [2.45, 2.75) is 0 Å². The van der Waals surface area contributed by atoms with E-state index in [0.29, 0.717) is 0 Å². The summed E-state index contributed by atoms with van der Waals surface area (Å²) in [7, 11) is 0. The van der Waals surface area contributed by atoms with Gasteiger partial charge in [-0.2, -0.15) is 0 Å². The third-order valence-corrected chi connectivity index (χ3v) is 2.71. The molecule has 0 amide bonds. The van der Waals surface area contributed by atoms with Gasteiger partial charge in [0.05, 0.1) is 4.34 Å². The molecule has 0 saturated carbocycles. The molecule has 3 heteroatoms. The zero-order valence-corrected chi connectivity index (χ0v) is 7.12. The fraction of sp³-hybridized carbons (Fsp3) is 0. The lowest BCUT2D eigenvalue weighted by Crippen LogP contribution is -1.61. The number of thiophene rings is 1. The van der Waals surface area contributed by atoms with Crippen molar-refractivity contribution >= 4 is 33.0 Å². The van der Waals surface area contributed by atoms with Gasteiger partial charge in [-0.05, 0) is 29.7 Å². The number of phenolic OH excluding ortho intramolecular Hbond substituents is 1. The zero-order valence-electron chi connectivity index (χ0n) is 5.54. The monoisotopic (exact) mass is 184 g/mol. The van der Waals surface area contributed by atoms with Crippen LogP contribution in [0.2, 0.25) is 4.34 Å². The Morgan fingerprint density at radius 1 is 1.27 bits per heavy atom. The molecule has 0 unspecified atom stereocenters. The Kier molecular flexibility index (Phi) is 1.51. The molecule has 0 saturated heterocycles. The molecule has 1 aromatic heterocycles. The highest BCUT2D eigenvalue weighted by Crippen LogP contribution is 2.31. The van der Waals surface area contributed by atoms with Gasteiger partial charge in [-0.3, -0.25) is 0 Å². The van der Waals surface area contributed by atoms with Crippen molar-refractivity contribution in [1.29, 1.82) is 0 Å². The number of hydrogen-bond acceptors (Lipinski definition) is 2. The molecular weight excluding hydrogens is 180 g/mol. The first kappa shape index (κ1) is 6.95. The Morgan fingerprint density at radius 3 is 2.91 bits per heavy atom. The van der Waals surface area contributed by atoms with Crippen LogP contribution in [0.5, 0.6) is 5.75 Å². The summed E-state index contributed by atoms with van der Waals surface area (Å²) < 4.78 is 1.86. The highest BCUT2D eigenvalue weighted by atomic mass is 35.5. The summed E-state index contributed by atoms with van der Waals surface area (Å²) in [4.78, 5) is 0. The van der Waals surface area contributed by atoms with E-state index in [1.807, 2.05) is 12.1 Å². The summed E-state index contributed by atoms with van der Waals surface area (Å²) >= 11 is 7.29. The average Bonchev–Trinajstić information content (AvgIpc) is 2.27. The third kappa shape index (κ3) is 1.19. The van der Waals surface area contributed by atoms with Crippen LogP contribution in [0.1, 0.15) is 0 Å². The van der Waals surface area contributed by atoms with E-state index in [9.17, 15) is 0 Å². The highest BCUT2D eigenvalue weighted by Gasteiger charge is 1.98. The molecule has 56 valence electrons. The Morgan fingerprint density at radius 2 is 2.09 bits per heavy atom. The SMILES string of the molecule is Oc1ccc2sc(Cl)cc2c1. The Balaban J connectivity index is 2.82. The molecule has 0 aliphatic rings. The molecule has 0 radical (unpaired) electrons. The van der Waals surface area contributed by atoms with Crippen molar-refractivity contribution in [2.75, 3.05) is 0 Å². The lowest BCUT2D eigenvalue weighted by Gasteiger charge is -1.89. The molecule has 2 aromatic rings. The molecule has 1 aromatic carbocycles. The minimum Gasteiger partial charge on any atom is -0.508 e. The van der Waals surface area contributed by atoms with E-state index in [1.54, 1.807) is 12.1 Å². The lowest BCUT2D eigenvalue weighted by molar-refractivity contribution is 0.476. The second-order valence-corrected chi connectivity index (χ2v) is 3.99. The van der Waals surface area contributed by atoms with Gasteiger partial charge in [0.1, 0.15) is 5.75 Å². The van der Waals surface area contributed by atoms with Crippen LogP contribution >= 0.6 is 22.9 Å². The maximum Gasteiger partial charge on any atom is 0.116 e. The molecule has 11 heavy (non-hydrogen) atoms. The summed E-state index contributed by atoms with van der Waals surface area (Å²) in [5.74, 6) is 0.284. The third-order valence-electron chi connectivity index (χ3n) is 1.47. The fourth-order valence-corrected chi connectivity index (χ4v) is 2.13. The summed E-state index contributed by atoms with van der Waals surface area (Å²) in [5, 5.41) is 10.1. The van der Waals surface area contributed by atoms with Crippen LogP contribution in [0.3, 0.4) is 0 Å². The van der Waals surface area contributed by atoms with Crippen LogP contribution in [0, 0.1) is 0 Å². The molecule has 0 bridgehead atoms. The predicted molar refractivity (Wildman–Crippen MR) is 48.5 cm³/mol. The number of halogens is 1. The first-order valence-corrected chi connectivity index (χ1v) is 4.33. The molecule has 2 rings (SSSR count). The average molecular weight is 185 g/mol. The van der Waals surface area contributed by atoms with Crippen LogP contribution in [-0.2, 0) is 0 Å². The predicted octanol–water partition coefficient (Wildman–Crippen LogP) is 3.26. The van der Waals surface area contributed by atoms with Crippen LogP contribution in [0.4, 0.5) is 0 Å². The van der Waals surface area contributed by atoms with Crippen LogP contribution in [0.15, 0.2) is 24.3 Å². The van der Waals surface area contributed by atoms with Crippen LogP contribution in [-0.4, -0.2) is 5.11 Å². The molecule has 1 N–H and O–H groups in total. The van der Waals surface area contributed by atoms with Gasteiger partial charge in [0.2, 0.25) is 0 Å². The van der Waals surface area contributed by atoms with Gasteiger partial charge in [0, 0.05) is 4.70 Å². The van der Waals surface area contributed by atoms with Gasteiger partial charge >= 0.3 is 0 Å². The Bertz CT molecular complexity index is 394. The number of aromatic hydroxyl groups is 1. The van der Waals surface area contributed by atoms with Crippen molar-refractivity contribution < 1.29 is 5.11 Å². The molecule has 0 aliphatic carbocycles. The normalized spacial score (nSPS) is 10.6. The Hall–Kier alpha value is -0.730. The number of hydrogen-bond donors (Lipinski definition) is 1. The summed E-state index contributed by atoms with van der Waals surface area (Å²) in [6.45, 7) is 0. The maximum absolute atomic E-state index is 9.10. The van der Waals surface area contributed by atoms with E-state index in [2.05, 4.69) is 0 Å². The number of rotatable bonds is 0. The largest absolute Gasteiger partial charge is 0.508 e. The molecule has 1 nitrogen and oxygen atoms in total. The van der Waals surface area contributed by atoms with E-state index in [1.165, 1.54) is 11.3 Å². The van der Waals surface area contributed by atoms with Gasteiger partial charge < -0.3 is 5.11 Å². The van der Waals surface area contributed by atoms with Crippen LogP contribution < -0.4 is 0 Å². The number of benzene rings is 1. The number of fused-ring (bicyclic) bond motifs is 1. The Labute approximate surface area is 72.9 Å². The molecular formula is C8H5ClOS. The summed E-state index contributed by atoms with van der Waals surface area (Å²) in [6.07, 6.45) is 0. The van der Waals surface area contributed by atoms with E-state index >= 15 is 0 Å². The standard InChI is InChI=1S/C8H5ClOS/c9-8-4-5-3-6(10)1-2-7(5)11-8/h1-4,10H. The zero-order chi connectivity index (χ0) is 7.84. The number of phenols is 1. The van der Waals surface area contributed by atoms with Crippen molar-refractivity contribution in [1.82, 2.24) is 0 Å². The minimum atomic E-state index is 0.284. The van der Waals surface area contributed by atoms with Gasteiger partial charge in [0.15, 0.2) is 0 Å². The molecule has 0 atom stereocenters. The van der Waals surface area contributed by atoms with Crippen molar-refractivity contribution in [3.05, 3.63) is 28.6 Å². The quantitative estimate of drug-likeness (QED) is 0.667. The first-order chi connectivity index (χ1) is 5.25. The van der Waals surface area contributed by atoms with E-state index in [0.717, 1.165) is 14.4 Å². The first-order valence-electron chi connectivity index (χ1n) is 3.14. The van der Waals surface area contributed by atoms with Gasteiger partial charge in [-0.25, -0.2) is 0 Å². The summed E-state index contributed by atoms with van der Waals surface area (Å²) in [5.41, 5.74) is 0. The molecule has 0 fully saturated rings. The second-order valence-electron chi connectivity index (χ2n) is 2.27. The van der Waals surface area contributed by atoms with Gasteiger partial charge in [-0.1, -0.05) is 11.6 Å². The van der Waals surface area contributed by atoms with E-state index < -0.39 is 0 Å². The smallest absolute Gasteiger partial charge is 0.116 e. The van der Waals surface area contributed by atoms with Crippen molar-refractivity contribution in [3.8, 4) is 5.75 Å². The van der Waals surface area contributed by atoms with Gasteiger partial charge in [-0.15, -0.1) is 11.3 Å². The van der Waals surface area contributed by atoms with E-state index in [4.69, 9.17) is 16.7 Å². The maximum atomic E-state index is 9.10. The van der Waals surface area contributed by atoms with Crippen LogP contribution in [0.25, 0.3) is 10.1 Å². The fourth-order valence-electron chi connectivity index (χ4n) is 0.998. The molecule has 1 heterocycles.